The van der Waals surface area contributed by atoms with Crippen LogP contribution in [0.1, 0.15) is 23.2 Å². The highest BCUT2D eigenvalue weighted by molar-refractivity contribution is 5.94. The molecule has 1 aromatic rings. The molecule has 6 heteroatoms. The van der Waals surface area contributed by atoms with Crippen molar-refractivity contribution in [2.24, 2.45) is 5.92 Å². The number of hydrogen-bond donors (Lipinski definition) is 1. The first-order valence-electron chi connectivity index (χ1n) is 6.65. The van der Waals surface area contributed by atoms with Crippen LogP contribution in [-0.2, 0) is 9.47 Å². The van der Waals surface area contributed by atoms with Gasteiger partial charge in [-0.2, -0.15) is 0 Å². The number of hydrogen-bond acceptors (Lipinski definition) is 5. The molecule has 1 aliphatic rings. The quantitative estimate of drug-likeness (QED) is 0.725. The van der Waals surface area contributed by atoms with Crippen LogP contribution in [0, 0.1) is 5.92 Å². The average molecular weight is 280 g/mol. The summed E-state index contributed by atoms with van der Waals surface area (Å²) < 4.78 is 15.6. The first-order chi connectivity index (χ1) is 9.72. The van der Waals surface area contributed by atoms with Crippen molar-refractivity contribution in [2.75, 3.05) is 27.4 Å². The minimum Gasteiger partial charge on any atom is -0.477 e. The monoisotopic (exact) mass is 280 g/mol. The normalized spacial score (nSPS) is 14.3. The number of methoxy groups -OCH3 is 2. The van der Waals surface area contributed by atoms with Crippen LogP contribution in [0.5, 0.6) is 5.88 Å². The van der Waals surface area contributed by atoms with Gasteiger partial charge in [0.25, 0.3) is 5.91 Å². The zero-order chi connectivity index (χ0) is 14.4. The molecule has 0 aromatic carbocycles. The zero-order valence-corrected chi connectivity index (χ0v) is 11.8. The summed E-state index contributed by atoms with van der Waals surface area (Å²) in [6, 6.07) is 3.29. The number of pyridine rings is 1. The van der Waals surface area contributed by atoms with Gasteiger partial charge in [0.05, 0.1) is 13.2 Å². The Bertz CT molecular complexity index is 445. The van der Waals surface area contributed by atoms with Gasteiger partial charge < -0.3 is 19.5 Å². The summed E-state index contributed by atoms with van der Waals surface area (Å²) in [4.78, 5) is 16.1. The fourth-order valence-corrected chi connectivity index (χ4v) is 1.66. The van der Waals surface area contributed by atoms with E-state index in [0.29, 0.717) is 24.0 Å². The van der Waals surface area contributed by atoms with E-state index in [1.165, 1.54) is 27.1 Å². The number of rotatable bonds is 8. The van der Waals surface area contributed by atoms with Crippen LogP contribution >= 0.6 is 0 Å². The molecular weight excluding hydrogens is 260 g/mol. The number of aromatic nitrogens is 1. The summed E-state index contributed by atoms with van der Waals surface area (Å²) in [5.74, 6) is 0.931. The van der Waals surface area contributed by atoms with Gasteiger partial charge in [-0.15, -0.1) is 0 Å². The highest BCUT2D eigenvalue weighted by atomic mass is 16.7. The third-order valence-electron chi connectivity index (χ3n) is 3.12. The molecule has 1 saturated carbocycles. The van der Waals surface area contributed by atoms with E-state index in [1.54, 1.807) is 18.3 Å². The molecule has 0 saturated heterocycles. The van der Waals surface area contributed by atoms with E-state index in [-0.39, 0.29) is 12.5 Å². The molecule has 1 aliphatic carbocycles. The first kappa shape index (κ1) is 14.7. The SMILES string of the molecule is COC(CNC(=O)c1ccnc(OCC2CC2)c1)OC. The van der Waals surface area contributed by atoms with Crippen LogP contribution in [-0.4, -0.2) is 44.6 Å². The molecule has 6 nitrogen and oxygen atoms in total. The molecule has 1 N–H and O–H groups in total. The number of carbonyl (C=O) groups excluding carboxylic acids is 1. The lowest BCUT2D eigenvalue weighted by molar-refractivity contribution is -0.0974. The molecule has 0 bridgehead atoms. The molecule has 20 heavy (non-hydrogen) atoms. The topological polar surface area (TPSA) is 69.7 Å². The van der Waals surface area contributed by atoms with E-state index in [4.69, 9.17) is 14.2 Å². The summed E-state index contributed by atoms with van der Waals surface area (Å²) in [5.41, 5.74) is 0.511. The van der Waals surface area contributed by atoms with Crippen molar-refractivity contribution in [3.8, 4) is 5.88 Å². The van der Waals surface area contributed by atoms with Crippen LogP contribution in [0.15, 0.2) is 18.3 Å². The minimum absolute atomic E-state index is 0.206. The van der Waals surface area contributed by atoms with Crippen LogP contribution in [0.2, 0.25) is 0 Å². The summed E-state index contributed by atoms with van der Waals surface area (Å²) in [6.45, 7) is 0.958. The van der Waals surface area contributed by atoms with E-state index in [2.05, 4.69) is 10.3 Å². The van der Waals surface area contributed by atoms with Gasteiger partial charge in [0.15, 0.2) is 6.29 Å². The van der Waals surface area contributed by atoms with Crippen molar-refractivity contribution in [1.82, 2.24) is 10.3 Å². The lowest BCUT2D eigenvalue weighted by atomic mass is 10.2. The van der Waals surface area contributed by atoms with Crippen molar-refractivity contribution in [1.29, 1.82) is 0 Å². The molecule has 1 heterocycles. The third kappa shape index (κ3) is 4.47. The fourth-order valence-electron chi connectivity index (χ4n) is 1.66. The predicted molar refractivity (Wildman–Crippen MR) is 72.6 cm³/mol. The summed E-state index contributed by atoms with van der Waals surface area (Å²) in [6.07, 6.45) is 3.55. The number of ether oxygens (including phenoxy) is 3. The van der Waals surface area contributed by atoms with Crippen molar-refractivity contribution in [2.45, 2.75) is 19.1 Å². The maximum atomic E-state index is 12.0. The maximum Gasteiger partial charge on any atom is 0.251 e. The smallest absolute Gasteiger partial charge is 0.251 e. The Balaban J connectivity index is 1.86. The molecular formula is C14H20N2O4. The predicted octanol–water partition coefficient (Wildman–Crippen LogP) is 1.22. The van der Waals surface area contributed by atoms with Gasteiger partial charge in [0.2, 0.25) is 5.88 Å². The molecule has 0 atom stereocenters. The van der Waals surface area contributed by atoms with Crippen LogP contribution < -0.4 is 10.1 Å². The minimum atomic E-state index is -0.452. The zero-order valence-electron chi connectivity index (χ0n) is 11.8. The maximum absolute atomic E-state index is 12.0. The van der Waals surface area contributed by atoms with Crippen LogP contribution in [0.25, 0.3) is 0 Å². The van der Waals surface area contributed by atoms with Gasteiger partial charge in [-0.1, -0.05) is 0 Å². The number of carbonyl (C=O) groups is 1. The molecule has 2 rings (SSSR count). The number of nitrogens with zero attached hydrogens (tertiary/aromatic N) is 1. The van der Waals surface area contributed by atoms with Gasteiger partial charge in [0.1, 0.15) is 0 Å². The summed E-state index contributed by atoms with van der Waals surface area (Å²) in [7, 11) is 3.05. The Hall–Kier alpha value is -1.66. The van der Waals surface area contributed by atoms with Gasteiger partial charge in [-0.05, 0) is 24.8 Å². The van der Waals surface area contributed by atoms with E-state index in [1.807, 2.05) is 0 Å². The van der Waals surface area contributed by atoms with Crippen LogP contribution in [0.3, 0.4) is 0 Å². The van der Waals surface area contributed by atoms with Crippen molar-refractivity contribution < 1.29 is 19.0 Å². The van der Waals surface area contributed by atoms with Gasteiger partial charge in [-0.25, -0.2) is 4.98 Å². The molecule has 1 fully saturated rings. The average Bonchev–Trinajstić information content (AvgIpc) is 3.30. The lowest BCUT2D eigenvalue weighted by Gasteiger charge is -2.14. The highest BCUT2D eigenvalue weighted by Gasteiger charge is 2.22. The molecule has 1 aromatic heterocycles. The van der Waals surface area contributed by atoms with Crippen molar-refractivity contribution in [3.05, 3.63) is 23.9 Å². The molecule has 0 radical (unpaired) electrons. The summed E-state index contributed by atoms with van der Waals surface area (Å²) >= 11 is 0. The van der Waals surface area contributed by atoms with Crippen molar-refractivity contribution in [3.63, 3.8) is 0 Å². The molecule has 0 spiro atoms. The molecule has 110 valence electrons. The van der Waals surface area contributed by atoms with Gasteiger partial charge in [-0.3, -0.25) is 4.79 Å². The second kappa shape index (κ2) is 7.21. The van der Waals surface area contributed by atoms with Crippen LogP contribution in [0.4, 0.5) is 0 Å². The number of nitrogens with one attached hydrogen (secondary N) is 1. The van der Waals surface area contributed by atoms with E-state index >= 15 is 0 Å². The van der Waals surface area contributed by atoms with Gasteiger partial charge >= 0.3 is 0 Å². The Morgan fingerprint density at radius 3 is 2.85 bits per heavy atom. The Kier molecular flexibility index (Phi) is 5.31. The molecule has 1 amide bonds. The van der Waals surface area contributed by atoms with E-state index in [0.717, 1.165) is 0 Å². The second-order valence-corrected chi connectivity index (χ2v) is 4.75. The molecule has 0 unspecified atom stereocenters. The standard InChI is InChI=1S/C14H20N2O4/c1-18-13(19-2)8-16-14(17)11-5-6-15-12(7-11)20-9-10-3-4-10/h5-7,10,13H,3-4,8-9H2,1-2H3,(H,16,17). The summed E-state index contributed by atoms with van der Waals surface area (Å²) in [5, 5.41) is 2.73. The largest absolute Gasteiger partial charge is 0.477 e. The van der Waals surface area contributed by atoms with E-state index < -0.39 is 6.29 Å². The second-order valence-electron chi connectivity index (χ2n) is 4.75. The number of amides is 1. The van der Waals surface area contributed by atoms with Crippen molar-refractivity contribution >= 4 is 5.91 Å². The van der Waals surface area contributed by atoms with E-state index in [9.17, 15) is 4.79 Å². The Morgan fingerprint density at radius 1 is 1.45 bits per heavy atom. The fraction of sp³-hybridized carbons (Fsp3) is 0.571. The Morgan fingerprint density at radius 2 is 2.20 bits per heavy atom. The molecule has 0 aliphatic heterocycles. The highest BCUT2D eigenvalue weighted by Crippen LogP contribution is 2.29. The lowest BCUT2D eigenvalue weighted by Crippen LogP contribution is -2.34. The van der Waals surface area contributed by atoms with Gasteiger partial charge in [0, 0.05) is 32.0 Å². The Labute approximate surface area is 118 Å². The first-order valence-corrected chi connectivity index (χ1v) is 6.65. The third-order valence-corrected chi connectivity index (χ3v) is 3.12.